The van der Waals surface area contributed by atoms with Crippen LogP contribution in [-0.4, -0.2) is 40.1 Å². The van der Waals surface area contributed by atoms with Crippen molar-refractivity contribution < 1.29 is 24.2 Å². The van der Waals surface area contributed by atoms with Crippen LogP contribution in [0, 0.1) is 0 Å². The van der Waals surface area contributed by atoms with Crippen LogP contribution in [0.4, 0.5) is 0 Å². The zero-order valence-corrected chi connectivity index (χ0v) is 17.5. The maximum absolute atomic E-state index is 12.4. The third-order valence-corrected chi connectivity index (χ3v) is 4.77. The average molecular weight is 426 g/mol. The smallest absolute Gasteiger partial charge is 0.335 e. The number of nitrogens with zero attached hydrogens (tertiary/aromatic N) is 1. The summed E-state index contributed by atoms with van der Waals surface area (Å²) in [4.78, 5) is 24.8. The van der Waals surface area contributed by atoms with Gasteiger partial charge in [0.25, 0.3) is 5.91 Å². The van der Waals surface area contributed by atoms with Gasteiger partial charge in [-0.3, -0.25) is 9.69 Å². The molecule has 1 aliphatic heterocycles. The highest BCUT2D eigenvalue weighted by molar-refractivity contribution is 7.80. The molecule has 2 aromatic rings. The first kappa shape index (κ1) is 21.3. The fraction of sp³-hybridized carbons (Fsp3) is 0.227. The third-order valence-electron chi connectivity index (χ3n) is 4.45. The summed E-state index contributed by atoms with van der Waals surface area (Å²) in [6, 6.07) is 11.9. The quantitative estimate of drug-likeness (QED) is 0.494. The van der Waals surface area contributed by atoms with Gasteiger partial charge in [-0.1, -0.05) is 18.2 Å². The highest BCUT2D eigenvalue weighted by Gasteiger charge is 2.29. The fourth-order valence-electron chi connectivity index (χ4n) is 2.93. The van der Waals surface area contributed by atoms with E-state index < -0.39 is 5.97 Å². The van der Waals surface area contributed by atoms with Crippen molar-refractivity contribution in [3.63, 3.8) is 0 Å². The predicted octanol–water partition coefficient (Wildman–Crippen LogP) is 3.44. The average Bonchev–Trinajstić information content (AvgIpc) is 3.00. The van der Waals surface area contributed by atoms with E-state index in [2.05, 4.69) is 5.32 Å². The number of ether oxygens (including phenoxy) is 2. The van der Waals surface area contributed by atoms with Gasteiger partial charge in [-0.05, 0) is 67.5 Å². The maximum atomic E-state index is 12.4. The molecule has 1 heterocycles. The van der Waals surface area contributed by atoms with Gasteiger partial charge in [-0.15, -0.1) is 0 Å². The summed E-state index contributed by atoms with van der Waals surface area (Å²) in [5.41, 5.74) is 2.25. The van der Waals surface area contributed by atoms with Gasteiger partial charge in [0.2, 0.25) is 0 Å². The van der Waals surface area contributed by atoms with Gasteiger partial charge in [0.1, 0.15) is 12.3 Å². The first-order valence-electron chi connectivity index (χ1n) is 9.49. The lowest BCUT2D eigenvalue weighted by Gasteiger charge is -2.13. The van der Waals surface area contributed by atoms with Crippen molar-refractivity contribution in [2.24, 2.45) is 0 Å². The Labute approximate surface area is 179 Å². The first-order chi connectivity index (χ1) is 14.4. The fourth-order valence-corrected chi connectivity index (χ4v) is 3.25. The van der Waals surface area contributed by atoms with Gasteiger partial charge in [0.05, 0.1) is 12.2 Å². The molecule has 1 fully saturated rings. The van der Waals surface area contributed by atoms with Gasteiger partial charge in [-0.25, -0.2) is 4.79 Å². The SMILES string of the molecule is CCOc1cc(/C=C2\NC(=S)N(CC)C2=O)ccc1OCc1ccc(C(=O)O)cc1. The Morgan fingerprint density at radius 3 is 2.47 bits per heavy atom. The number of aromatic carboxylic acids is 1. The van der Waals surface area contributed by atoms with Crippen LogP contribution in [0.2, 0.25) is 0 Å². The normalized spacial score (nSPS) is 14.7. The second kappa shape index (κ2) is 9.41. The van der Waals surface area contributed by atoms with Gasteiger partial charge in [-0.2, -0.15) is 0 Å². The Hall–Kier alpha value is -3.39. The highest BCUT2D eigenvalue weighted by atomic mass is 32.1. The molecule has 0 atom stereocenters. The largest absolute Gasteiger partial charge is 0.490 e. The van der Waals surface area contributed by atoms with E-state index in [1.807, 2.05) is 19.9 Å². The molecule has 156 valence electrons. The molecule has 0 aromatic heterocycles. The van der Waals surface area contributed by atoms with E-state index in [0.29, 0.717) is 35.5 Å². The zero-order chi connectivity index (χ0) is 21.7. The molecular weight excluding hydrogens is 404 g/mol. The van der Waals surface area contributed by atoms with Gasteiger partial charge in [0.15, 0.2) is 16.6 Å². The number of nitrogens with one attached hydrogen (secondary N) is 1. The second-order valence-electron chi connectivity index (χ2n) is 6.47. The molecule has 30 heavy (non-hydrogen) atoms. The minimum absolute atomic E-state index is 0.161. The molecule has 0 bridgehead atoms. The van der Waals surface area contributed by atoms with Crippen LogP contribution in [-0.2, 0) is 11.4 Å². The molecule has 1 saturated heterocycles. The molecule has 0 unspecified atom stereocenters. The molecular formula is C22H22N2O5S. The molecule has 7 nitrogen and oxygen atoms in total. The first-order valence-corrected chi connectivity index (χ1v) is 9.90. The Balaban J connectivity index is 1.76. The molecule has 0 spiro atoms. The number of amides is 1. The second-order valence-corrected chi connectivity index (χ2v) is 6.85. The van der Waals surface area contributed by atoms with E-state index >= 15 is 0 Å². The van der Waals surface area contributed by atoms with E-state index in [9.17, 15) is 9.59 Å². The van der Waals surface area contributed by atoms with Crippen LogP contribution in [0.25, 0.3) is 6.08 Å². The minimum Gasteiger partial charge on any atom is -0.490 e. The van der Waals surface area contributed by atoms with E-state index in [-0.39, 0.29) is 18.1 Å². The van der Waals surface area contributed by atoms with Crippen LogP contribution in [0.5, 0.6) is 11.5 Å². The summed E-state index contributed by atoms with van der Waals surface area (Å²) in [5, 5.41) is 12.3. The van der Waals surface area contributed by atoms with Crippen molar-refractivity contribution in [1.29, 1.82) is 0 Å². The zero-order valence-electron chi connectivity index (χ0n) is 16.7. The topological polar surface area (TPSA) is 88.1 Å². The molecule has 8 heteroatoms. The summed E-state index contributed by atoms with van der Waals surface area (Å²) >= 11 is 5.18. The summed E-state index contributed by atoms with van der Waals surface area (Å²) in [6.07, 6.45) is 1.72. The summed E-state index contributed by atoms with van der Waals surface area (Å²) < 4.78 is 11.6. The van der Waals surface area contributed by atoms with Crippen molar-refractivity contribution in [3.05, 3.63) is 64.9 Å². The van der Waals surface area contributed by atoms with Crippen LogP contribution in [0.3, 0.4) is 0 Å². The molecule has 1 aliphatic rings. The van der Waals surface area contributed by atoms with E-state index in [1.54, 1.807) is 30.3 Å². The molecule has 1 amide bonds. The molecule has 0 aliphatic carbocycles. The summed E-state index contributed by atoms with van der Waals surface area (Å²) in [7, 11) is 0. The van der Waals surface area contributed by atoms with E-state index in [1.165, 1.54) is 17.0 Å². The summed E-state index contributed by atoms with van der Waals surface area (Å²) in [6.45, 7) is 4.96. The number of hydrogen-bond donors (Lipinski definition) is 2. The predicted molar refractivity (Wildman–Crippen MR) is 116 cm³/mol. The van der Waals surface area contributed by atoms with E-state index in [4.69, 9.17) is 26.8 Å². The number of rotatable bonds is 8. The van der Waals surface area contributed by atoms with Gasteiger partial charge >= 0.3 is 5.97 Å². The van der Waals surface area contributed by atoms with Crippen LogP contribution < -0.4 is 14.8 Å². The number of thiocarbonyl (C=S) groups is 1. The van der Waals surface area contributed by atoms with Crippen LogP contribution in [0.15, 0.2) is 48.2 Å². The third kappa shape index (κ3) is 4.77. The Morgan fingerprint density at radius 2 is 1.87 bits per heavy atom. The maximum Gasteiger partial charge on any atom is 0.335 e. The number of carbonyl (C=O) groups excluding carboxylic acids is 1. The lowest BCUT2D eigenvalue weighted by atomic mass is 10.1. The highest BCUT2D eigenvalue weighted by Crippen LogP contribution is 2.30. The number of carboxylic acid groups (broad SMARTS) is 1. The minimum atomic E-state index is -0.969. The number of carbonyl (C=O) groups is 2. The molecule has 2 N–H and O–H groups in total. The number of carboxylic acids is 1. The lowest BCUT2D eigenvalue weighted by Crippen LogP contribution is -2.30. The van der Waals surface area contributed by atoms with Gasteiger partial charge in [0, 0.05) is 6.54 Å². The van der Waals surface area contributed by atoms with Crippen LogP contribution in [0.1, 0.15) is 35.3 Å². The van der Waals surface area contributed by atoms with Gasteiger partial charge < -0.3 is 19.9 Å². The summed E-state index contributed by atoms with van der Waals surface area (Å²) in [5.74, 6) is -0.0263. The van der Waals surface area contributed by atoms with Crippen LogP contribution >= 0.6 is 12.2 Å². The molecule has 2 aromatic carbocycles. The monoisotopic (exact) mass is 426 g/mol. The molecule has 0 saturated carbocycles. The molecule has 0 radical (unpaired) electrons. The number of hydrogen-bond acceptors (Lipinski definition) is 5. The van der Waals surface area contributed by atoms with E-state index in [0.717, 1.165) is 11.1 Å². The van der Waals surface area contributed by atoms with Crippen molar-refractivity contribution >= 4 is 35.3 Å². The van der Waals surface area contributed by atoms with Crippen molar-refractivity contribution in [2.45, 2.75) is 20.5 Å². The standard InChI is InChI=1S/C22H22N2O5S/c1-3-24-20(25)17(23-22(24)30)11-15-7-10-18(19(12-15)28-4-2)29-13-14-5-8-16(9-6-14)21(26)27/h5-12H,3-4,13H2,1-2H3,(H,23,30)(H,26,27)/b17-11-. The Bertz CT molecular complexity index is 1000. The Morgan fingerprint density at radius 1 is 1.13 bits per heavy atom. The molecule has 3 rings (SSSR count). The number of likely N-dealkylation sites (N-methyl/N-ethyl adjacent to an activating group) is 1. The van der Waals surface area contributed by atoms with Crippen molar-refractivity contribution in [1.82, 2.24) is 10.2 Å². The van der Waals surface area contributed by atoms with Crippen molar-refractivity contribution in [2.75, 3.05) is 13.2 Å². The Kier molecular flexibility index (Phi) is 6.68. The number of benzene rings is 2. The lowest BCUT2D eigenvalue weighted by molar-refractivity contribution is -0.122. The van der Waals surface area contributed by atoms with Crippen molar-refractivity contribution in [3.8, 4) is 11.5 Å².